The molecule has 1 amide bonds. The van der Waals surface area contributed by atoms with E-state index in [0.717, 1.165) is 17.5 Å². The molecule has 124 valence electrons. The van der Waals surface area contributed by atoms with Crippen molar-refractivity contribution in [2.45, 2.75) is 46.7 Å². The normalized spacial score (nSPS) is 12.5. The van der Waals surface area contributed by atoms with Gasteiger partial charge in [-0.2, -0.15) is 0 Å². The molecule has 1 atom stereocenters. The number of hydrogen-bond donors (Lipinski definition) is 1. The van der Waals surface area contributed by atoms with Crippen LogP contribution in [0.25, 0.3) is 0 Å². The topological polar surface area (TPSA) is 34.0 Å². The number of halogens is 2. The fourth-order valence-electron chi connectivity index (χ4n) is 3.01. The highest BCUT2D eigenvalue weighted by atomic mass is 19.1. The van der Waals surface area contributed by atoms with Crippen LogP contribution >= 0.6 is 0 Å². The van der Waals surface area contributed by atoms with Gasteiger partial charge in [0.2, 0.25) is 0 Å². The van der Waals surface area contributed by atoms with Crippen LogP contribution in [0.4, 0.5) is 8.78 Å². The minimum absolute atomic E-state index is 0.253. The number of benzene rings is 1. The molecule has 2 aromatic rings. The van der Waals surface area contributed by atoms with Crippen LogP contribution in [0, 0.1) is 25.5 Å². The van der Waals surface area contributed by atoms with Gasteiger partial charge in [-0.25, -0.2) is 8.78 Å². The molecule has 1 heterocycles. The lowest BCUT2D eigenvalue weighted by atomic mass is 10.1. The number of carbonyl (C=O) groups excluding carboxylic acids is 1. The van der Waals surface area contributed by atoms with Gasteiger partial charge in [-0.1, -0.05) is 6.07 Å². The Labute approximate surface area is 135 Å². The maximum Gasteiger partial charge on any atom is 0.253 e. The lowest BCUT2D eigenvalue weighted by molar-refractivity contribution is 0.0938. The molecule has 0 aliphatic heterocycles. The van der Waals surface area contributed by atoms with E-state index in [1.807, 2.05) is 19.9 Å². The van der Waals surface area contributed by atoms with Gasteiger partial charge in [0.25, 0.3) is 5.91 Å². The van der Waals surface area contributed by atoms with Crippen LogP contribution in [0.15, 0.2) is 24.3 Å². The van der Waals surface area contributed by atoms with E-state index in [4.69, 9.17) is 0 Å². The van der Waals surface area contributed by atoms with Gasteiger partial charge < -0.3 is 9.88 Å². The van der Waals surface area contributed by atoms with Crippen LogP contribution in [0.3, 0.4) is 0 Å². The van der Waals surface area contributed by atoms with Crippen LogP contribution in [-0.2, 0) is 0 Å². The van der Waals surface area contributed by atoms with Crippen LogP contribution < -0.4 is 5.32 Å². The summed E-state index contributed by atoms with van der Waals surface area (Å²) >= 11 is 0. The van der Waals surface area contributed by atoms with Gasteiger partial charge >= 0.3 is 0 Å². The van der Waals surface area contributed by atoms with Crippen molar-refractivity contribution in [1.82, 2.24) is 9.88 Å². The number of hydrogen-bond acceptors (Lipinski definition) is 1. The number of aryl methyl sites for hydroxylation is 1. The Morgan fingerprint density at radius 1 is 1.13 bits per heavy atom. The third kappa shape index (κ3) is 3.44. The summed E-state index contributed by atoms with van der Waals surface area (Å²) < 4.78 is 28.9. The number of amides is 1. The summed E-state index contributed by atoms with van der Waals surface area (Å²) in [5.41, 5.74) is 2.72. The Morgan fingerprint density at radius 2 is 1.78 bits per heavy atom. The minimum atomic E-state index is -0.662. The first-order valence-electron chi connectivity index (χ1n) is 7.66. The van der Waals surface area contributed by atoms with Crippen molar-refractivity contribution in [3.63, 3.8) is 0 Å². The monoisotopic (exact) mass is 320 g/mol. The van der Waals surface area contributed by atoms with Gasteiger partial charge in [0.05, 0.1) is 11.6 Å². The molecule has 0 bridgehead atoms. The Kier molecular flexibility index (Phi) is 4.88. The molecule has 0 fully saturated rings. The Hall–Kier alpha value is -2.17. The van der Waals surface area contributed by atoms with Gasteiger partial charge in [-0.3, -0.25) is 4.79 Å². The summed E-state index contributed by atoms with van der Waals surface area (Å²) in [6, 6.07) is 4.90. The molecule has 1 aromatic carbocycles. The molecular formula is C18H22F2N2O. The second-order valence-corrected chi connectivity index (χ2v) is 6.11. The van der Waals surface area contributed by atoms with Gasteiger partial charge in [0.15, 0.2) is 0 Å². The van der Waals surface area contributed by atoms with Gasteiger partial charge in [0.1, 0.15) is 11.6 Å². The number of nitrogens with zero attached hydrogens (tertiary/aromatic N) is 1. The molecule has 1 unspecified atom stereocenters. The summed E-state index contributed by atoms with van der Waals surface area (Å²) in [5.74, 6) is -1.56. The predicted octanol–water partition coefficient (Wildman–Crippen LogP) is 4.46. The van der Waals surface area contributed by atoms with E-state index in [1.165, 1.54) is 12.1 Å². The molecule has 3 nitrogen and oxygen atoms in total. The summed E-state index contributed by atoms with van der Waals surface area (Å²) in [4.78, 5) is 12.5. The van der Waals surface area contributed by atoms with E-state index in [1.54, 1.807) is 6.92 Å². The molecule has 2 rings (SSSR count). The molecule has 0 saturated carbocycles. The van der Waals surface area contributed by atoms with E-state index in [0.29, 0.717) is 5.56 Å². The third-order valence-electron chi connectivity index (χ3n) is 4.02. The first kappa shape index (κ1) is 17.2. The molecule has 0 aliphatic carbocycles. The first-order valence-corrected chi connectivity index (χ1v) is 7.66. The number of carbonyl (C=O) groups is 1. The fraction of sp³-hybridized carbons (Fsp3) is 0.389. The lowest BCUT2D eigenvalue weighted by Crippen LogP contribution is -2.27. The maximum atomic E-state index is 13.8. The van der Waals surface area contributed by atoms with E-state index in [9.17, 15) is 13.6 Å². The predicted molar refractivity (Wildman–Crippen MR) is 86.5 cm³/mol. The second-order valence-electron chi connectivity index (χ2n) is 6.11. The average Bonchev–Trinajstić information content (AvgIpc) is 2.73. The zero-order valence-corrected chi connectivity index (χ0v) is 14.1. The molecule has 23 heavy (non-hydrogen) atoms. The van der Waals surface area contributed by atoms with Crippen molar-refractivity contribution in [2.24, 2.45) is 0 Å². The molecule has 0 spiro atoms. The SMILES string of the molecule is Cc1cc(C(=O)NC(C)c2ccc(F)cc2F)c(C)n1C(C)C. The van der Waals surface area contributed by atoms with E-state index in [-0.39, 0.29) is 17.5 Å². The van der Waals surface area contributed by atoms with Crippen molar-refractivity contribution in [2.75, 3.05) is 0 Å². The van der Waals surface area contributed by atoms with Crippen LogP contribution in [0.1, 0.15) is 60.2 Å². The third-order valence-corrected chi connectivity index (χ3v) is 4.02. The second kappa shape index (κ2) is 6.52. The highest BCUT2D eigenvalue weighted by Gasteiger charge is 2.20. The smallest absolute Gasteiger partial charge is 0.253 e. The van der Waals surface area contributed by atoms with E-state index < -0.39 is 17.7 Å². The van der Waals surface area contributed by atoms with Crippen molar-refractivity contribution < 1.29 is 13.6 Å². The average molecular weight is 320 g/mol. The Balaban J connectivity index is 2.24. The molecule has 1 aromatic heterocycles. The first-order chi connectivity index (χ1) is 10.7. The highest BCUT2D eigenvalue weighted by molar-refractivity contribution is 5.96. The molecule has 0 radical (unpaired) electrons. The van der Waals surface area contributed by atoms with E-state index >= 15 is 0 Å². The summed E-state index contributed by atoms with van der Waals surface area (Å²) in [6.07, 6.45) is 0. The standard InChI is InChI=1S/C18H22F2N2O/c1-10(2)22-11(3)8-16(13(22)5)18(23)21-12(4)15-7-6-14(19)9-17(15)20/h6-10,12H,1-5H3,(H,21,23). The van der Waals surface area contributed by atoms with Crippen LogP contribution in [0.2, 0.25) is 0 Å². The summed E-state index contributed by atoms with van der Waals surface area (Å²) in [6.45, 7) is 9.63. The van der Waals surface area contributed by atoms with Crippen molar-refractivity contribution in [3.8, 4) is 0 Å². The van der Waals surface area contributed by atoms with Gasteiger partial charge in [-0.15, -0.1) is 0 Å². The van der Waals surface area contributed by atoms with Crippen LogP contribution in [0.5, 0.6) is 0 Å². The molecule has 1 N–H and O–H groups in total. The zero-order chi connectivity index (χ0) is 17.3. The van der Waals surface area contributed by atoms with Crippen molar-refractivity contribution >= 4 is 5.91 Å². The Morgan fingerprint density at radius 3 is 2.30 bits per heavy atom. The highest BCUT2D eigenvalue weighted by Crippen LogP contribution is 2.22. The molecular weight excluding hydrogens is 298 g/mol. The summed E-state index contributed by atoms with van der Waals surface area (Å²) in [5, 5.41) is 2.78. The quantitative estimate of drug-likeness (QED) is 0.887. The zero-order valence-electron chi connectivity index (χ0n) is 14.1. The van der Waals surface area contributed by atoms with Crippen LogP contribution in [-0.4, -0.2) is 10.5 Å². The van der Waals surface area contributed by atoms with Gasteiger partial charge in [0, 0.05) is 29.1 Å². The van der Waals surface area contributed by atoms with Crippen molar-refractivity contribution in [3.05, 3.63) is 58.4 Å². The maximum absolute atomic E-state index is 13.8. The largest absolute Gasteiger partial charge is 0.346 e. The molecule has 0 aliphatic rings. The Bertz CT molecular complexity index is 735. The number of nitrogens with one attached hydrogen (secondary N) is 1. The van der Waals surface area contributed by atoms with E-state index in [2.05, 4.69) is 23.7 Å². The minimum Gasteiger partial charge on any atom is -0.346 e. The number of aromatic nitrogens is 1. The molecule has 5 heteroatoms. The molecule has 0 saturated heterocycles. The fourth-order valence-corrected chi connectivity index (χ4v) is 3.01. The number of rotatable bonds is 4. The van der Waals surface area contributed by atoms with Gasteiger partial charge in [-0.05, 0) is 46.8 Å². The lowest BCUT2D eigenvalue weighted by Gasteiger charge is -2.16. The summed E-state index contributed by atoms with van der Waals surface area (Å²) in [7, 11) is 0. The van der Waals surface area contributed by atoms with Crippen molar-refractivity contribution in [1.29, 1.82) is 0 Å².